The number of aliphatic hydroxyl groups is 1. The van der Waals surface area contributed by atoms with Gasteiger partial charge in [0.1, 0.15) is 12.3 Å². The second kappa shape index (κ2) is 6.02. The van der Waals surface area contributed by atoms with E-state index in [1.165, 1.54) is 18.2 Å². The smallest absolute Gasteiger partial charge is 0.273 e. The number of ether oxygens (including phenoxy) is 1. The Hall–Kier alpha value is -1.86. The Labute approximate surface area is 98.0 Å². The van der Waals surface area contributed by atoms with Crippen molar-refractivity contribution in [2.75, 3.05) is 24.8 Å². The highest BCUT2D eigenvalue weighted by Crippen LogP contribution is 2.31. The lowest BCUT2D eigenvalue weighted by Gasteiger charge is -2.18. The van der Waals surface area contributed by atoms with E-state index in [4.69, 9.17) is 9.84 Å². The Kier molecular flexibility index (Phi) is 4.68. The molecule has 0 spiro atoms. The topological polar surface area (TPSA) is 96.1 Å². The van der Waals surface area contributed by atoms with Crippen LogP contribution in [0.25, 0.3) is 0 Å². The second-order valence-corrected chi connectivity index (χ2v) is 3.20. The lowest BCUT2D eigenvalue weighted by atomic mass is 10.2. The number of hydroxylamine groups is 1. The molecule has 0 aliphatic heterocycles. The molecule has 0 saturated heterocycles. The SMILES string of the molecule is CCN(O)c1ccc([N+](=O)[O-])cc1OCCO. The molecule has 7 heteroatoms. The molecule has 1 aromatic carbocycles. The molecule has 0 radical (unpaired) electrons. The van der Waals surface area contributed by atoms with Crippen molar-refractivity contribution in [1.82, 2.24) is 0 Å². The number of anilines is 1. The van der Waals surface area contributed by atoms with Gasteiger partial charge in [-0.25, -0.2) is 0 Å². The maximum absolute atomic E-state index is 10.6. The predicted molar refractivity (Wildman–Crippen MR) is 60.5 cm³/mol. The fourth-order valence-electron chi connectivity index (χ4n) is 1.27. The van der Waals surface area contributed by atoms with Crippen LogP contribution in [0.15, 0.2) is 18.2 Å². The summed E-state index contributed by atoms with van der Waals surface area (Å²) >= 11 is 0. The van der Waals surface area contributed by atoms with Crippen LogP contribution in [-0.4, -0.2) is 35.0 Å². The van der Waals surface area contributed by atoms with Gasteiger partial charge in [0.05, 0.1) is 17.6 Å². The number of rotatable bonds is 6. The van der Waals surface area contributed by atoms with E-state index in [-0.39, 0.29) is 24.7 Å². The molecule has 0 bridgehead atoms. The highest BCUT2D eigenvalue weighted by molar-refractivity contribution is 5.60. The summed E-state index contributed by atoms with van der Waals surface area (Å²) in [5.41, 5.74) is 0.192. The van der Waals surface area contributed by atoms with Gasteiger partial charge in [-0.15, -0.1) is 0 Å². The lowest BCUT2D eigenvalue weighted by Crippen LogP contribution is -2.18. The second-order valence-electron chi connectivity index (χ2n) is 3.20. The first-order chi connectivity index (χ1) is 8.10. The van der Waals surface area contributed by atoms with Crippen molar-refractivity contribution in [2.45, 2.75) is 6.92 Å². The number of nitrogens with zero attached hydrogens (tertiary/aromatic N) is 2. The quantitative estimate of drug-likeness (QED) is 0.574. The van der Waals surface area contributed by atoms with Crippen molar-refractivity contribution in [1.29, 1.82) is 0 Å². The van der Waals surface area contributed by atoms with E-state index in [1.807, 2.05) is 0 Å². The van der Waals surface area contributed by atoms with Gasteiger partial charge in [-0.05, 0) is 13.0 Å². The van der Waals surface area contributed by atoms with Crippen molar-refractivity contribution in [2.24, 2.45) is 0 Å². The molecule has 0 atom stereocenters. The summed E-state index contributed by atoms with van der Waals surface area (Å²) in [6.07, 6.45) is 0. The summed E-state index contributed by atoms with van der Waals surface area (Å²) in [5.74, 6) is 0.164. The van der Waals surface area contributed by atoms with Gasteiger partial charge in [-0.3, -0.25) is 20.4 Å². The van der Waals surface area contributed by atoms with Crippen LogP contribution in [0.1, 0.15) is 6.92 Å². The van der Waals surface area contributed by atoms with Crippen LogP contribution in [0, 0.1) is 10.1 Å². The first kappa shape index (κ1) is 13.2. The molecule has 7 nitrogen and oxygen atoms in total. The minimum absolute atomic E-state index is 0.00568. The van der Waals surface area contributed by atoms with Crippen molar-refractivity contribution >= 4 is 11.4 Å². The van der Waals surface area contributed by atoms with E-state index in [1.54, 1.807) is 6.92 Å². The van der Waals surface area contributed by atoms with Crippen LogP contribution in [-0.2, 0) is 0 Å². The largest absolute Gasteiger partial charge is 0.489 e. The molecule has 0 fully saturated rings. The third-order valence-electron chi connectivity index (χ3n) is 2.08. The van der Waals surface area contributed by atoms with Crippen LogP contribution >= 0.6 is 0 Å². The van der Waals surface area contributed by atoms with Crippen molar-refractivity contribution in [3.05, 3.63) is 28.3 Å². The molecule has 0 aromatic heterocycles. The zero-order chi connectivity index (χ0) is 12.8. The van der Waals surface area contributed by atoms with E-state index in [9.17, 15) is 15.3 Å². The molecular formula is C10H14N2O5. The summed E-state index contributed by atoms with van der Waals surface area (Å²) in [5, 5.41) is 29.7. The van der Waals surface area contributed by atoms with Crippen LogP contribution < -0.4 is 9.80 Å². The molecule has 0 aliphatic rings. The van der Waals surface area contributed by atoms with Gasteiger partial charge in [0.15, 0.2) is 5.75 Å². The van der Waals surface area contributed by atoms with Gasteiger partial charge in [0.25, 0.3) is 5.69 Å². The Morgan fingerprint density at radius 1 is 1.53 bits per heavy atom. The Bertz CT molecular complexity index is 396. The number of non-ortho nitro benzene ring substituents is 1. The van der Waals surface area contributed by atoms with E-state index in [2.05, 4.69) is 0 Å². The average molecular weight is 242 g/mol. The molecule has 17 heavy (non-hydrogen) atoms. The first-order valence-electron chi connectivity index (χ1n) is 5.08. The standard InChI is InChI=1S/C10H14N2O5/c1-2-11(14)9-4-3-8(12(15)16)7-10(9)17-6-5-13/h3-4,7,13-14H,2,5-6H2,1H3. The number of nitro groups is 1. The van der Waals surface area contributed by atoms with E-state index >= 15 is 0 Å². The van der Waals surface area contributed by atoms with E-state index in [0.717, 1.165) is 5.06 Å². The van der Waals surface area contributed by atoms with Gasteiger partial charge in [0.2, 0.25) is 0 Å². The molecule has 2 N–H and O–H groups in total. The number of hydrogen-bond acceptors (Lipinski definition) is 6. The summed E-state index contributed by atoms with van der Waals surface area (Å²) < 4.78 is 5.14. The zero-order valence-corrected chi connectivity index (χ0v) is 9.37. The number of aliphatic hydroxyl groups excluding tert-OH is 1. The highest BCUT2D eigenvalue weighted by atomic mass is 16.6. The van der Waals surface area contributed by atoms with Gasteiger partial charge in [-0.1, -0.05) is 0 Å². The van der Waals surface area contributed by atoms with Gasteiger partial charge in [-0.2, -0.15) is 0 Å². The molecule has 0 unspecified atom stereocenters. The number of nitro benzene ring substituents is 1. The van der Waals surface area contributed by atoms with Crippen molar-refractivity contribution < 1.29 is 20.0 Å². The highest BCUT2D eigenvalue weighted by Gasteiger charge is 2.14. The molecular weight excluding hydrogens is 228 g/mol. The predicted octanol–water partition coefficient (Wildman–Crippen LogP) is 1.18. The Morgan fingerprint density at radius 2 is 2.24 bits per heavy atom. The molecule has 0 amide bonds. The minimum Gasteiger partial charge on any atom is -0.489 e. The maximum Gasteiger partial charge on any atom is 0.273 e. The monoisotopic (exact) mass is 242 g/mol. The summed E-state index contributed by atoms with van der Waals surface area (Å²) in [6, 6.07) is 3.89. The van der Waals surface area contributed by atoms with Crippen molar-refractivity contribution in [3.8, 4) is 5.75 Å². The van der Waals surface area contributed by atoms with Crippen LogP contribution in [0.4, 0.5) is 11.4 Å². The summed E-state index contributed by atoms with van der Waals surface area (Å²) in [6.45, 7) is 1.83. The van der Waals surface area contributed by atoms with Gasteiger partial charge in [0, 0.05) is 12.6 Å². The third-order valence-corrected chi connectivity index (χ3v) is 2.08. The summed E-state index contributed by atoms with van der Waals surface area (Å²) in [4.78, 5) is 10.0. The maximum atomic E-state index is 10.6. The molecule has 0 heterocycles. The molecule has 0 saturated carbocycles. The molecule has 1 rings (SSSR count). The van der Waals surface area contributed by atoms with E-state index < -0.39 is 4.92 Å². The molecule has 1 aromatic rings. The van der Waals surface area contributed by atoms with Gasteiger partial charge < -0.3 is 9.84 Å². The molecule has 0 aliphatic carbocycles. The van der Waals surface area contributed by atoms with E-state index in [0.29, 0.717) is 12.2 Å². The summed E-state index contributed by atoms with van der Waals surface area (Å²) in [7, 11) is 0. The normalized spacial score (nSPS) is 10.1. The fourth-order valence-corrected chi connectivity index (χ4v) is 1.27. The zero-order valence-electron chi connectivity index (χ0n) is 9.37. The molecule has 94 valence electrons. The van der Waals surface area contributed by atoms with Crippen molar-refractivity contribution in [3.63, 3.8) is 0 Å². The Balaban J connectivity index is 3.07. The third kappa shape index (κ3) is 3.30. The first-order valence-corrected chi connectivity index (χ1v) is 5.08. The number of hydrogen-bond donors (Lipinski definition) is 2. The van der Waals surface area contributed by atoms with Gasteiger partial charge >= 0.3 is 0 Å². The van der Waals surface area contributed by atoms with Crippen LogP contribution in [0.2, 0.25) is 0 Å². The minimum atomic E-state index is -0.552. The fraction of sp³-hybridized carbons (Fsp3) is 0.400. The number of benzene rings is 1. The van der Waals surface area contributed by atoms with Crippen LogP contribution in [0.5, 0.6) is 5.75 Å². The lowest BCUT2D eigenvalue weighted by molar-refractivity contribution is -0.384. The average Bonchev–Trinajstić information content (AvgIpc) is 2.34. The van der Waals surface area contributed by atoms with Crippen LogP contribution in [0.3, 0.4) is 0 Å². The Morgan fingerprint density at radius 3 is 2.76 bits per heavy atom.